The van der Waals surface area contributed by atoms with Gasteiger partial charge in [-0.25, -0.2) is 0 Å². The van der Waals surface area contributed by atoms with Crippen molar-refractivity contribution in [2.75, 3.05) is 27.2 Å². The number of halogens is 1. The van der Waals surface area contributed by atoms with Gasteiger partial charge in [0.05, 0.1) is 12.6 Å². The van der Waals surface area contributed by atoms with E-state index in [-0.39, 0.29) is 11.9 Å². The Balaban J connectivity index is 1.71. The van der Waals surface area contributed by atoms with Crippen LogP contribution in [0.4, 0.5) is 0 Å². The predicted octanol–water partition coefficient (Wildman–Crippen LogP) is 3.31. The number of carbonyl (C=O) groups excluding carboxylic acids is 1. The Labute approximate surface area is 147 Å². The molecular weight excluding hydrogens is 324 g/mol. The van der Waals surface area contributed by atoms with Crippen molar-refractivity contribution in [2.45, 2.75) is 12.5 Å². The molecule has 4 nitrogen and oxygen atoms in total. The van der Waals surface area contributed by atoms with Gasteiger partial charge >= 0.3 is 0 Å². The lowest BCUT2D eigenvalue weighted by Gasteiger charge is -2.26. The number of benzene rings is 2. The summed E-state index contributed by atoms with van der Waals surface area (Å²) >= 11 is 6.31. The van der Waals surface area contributed by atoms with Gasteiger partial charge in [-0.3, -0.25) is 4.79 Å². The quantitative estimate of drug-likeness (QED) is 0.904. The zero-order valence-electron chi connectivity index (χ0n) is 13.9. The number of likely N-dealkylation sites (N-methyl/N-ethyl adjacent to an activating group) is 1. The summed E-state index contributed by atoms with van der Waals surface area (Å²) < 4.78 is 5.48. The van der Waals surface area contributed by atoms with Gasteiger partial charge in [0.1, 0.15) is 5.75 Å². The zero-order valence-corrected chi connectivity index (χ0v) is 14.6. The van der Waals surface area contributed by atoms with E-state index in [0.29, 0.717) is 23.7 Å². The topological polar surface area (TPSA) is 41.6 Å². The van der Waals surface area contributed by atoms with Crippen LogP contribution in [0.15, 0.2) is 42.5 Å². The summed E-state index contributed by atoms with van der Waals surface area (Å²) in [6.07, 6.45) is 0.858. The maximum atomic E-state index is 12.5. The molecule has 0 spiro atoms. The fourth-order valence-corrected chi connectivity index (χ4v) is 3.20. The summed E-state index contributed by atoms with van der Waals surface area (Å²) in [5.41, 5.74) is 2.76. The first-order valence-electron chi connectivity index (χ1n) is 8.01. The van der Waals surface area contributed by atoms with Crippen LogP contribution >= 0.6 is 11.6 Å². The van der Waals surface area contributed by atoms with Crippen LogP contribution in [0.25, 0.3) is 0 Å². The smallest absolute Gasteiger partial charge is 0.251 e. The monoisotopic (exact) mass is 344 g/mol. The fourth-order valence-electron chi connectivity index (χ4n) is 2.94. The second-order valence-corrected chi connectivity index (χ2v) is 6.54. The minimum absolute atomic E-state index is 0.0143. The number of rotatable bonds is 5. The molecule has 0 bridgehead atoms. The molecule has 1 aliphatic heterocycles. The van der Waals surface area contributed by atoms with Gasteiger partial charge in [0.2, 0.25) is 0 Å². The molecular formula is C19H21ClN2O2. The number of nitrogens with zero attached hydrogens (tertiary/aromatic N) is 1. The third-order valence-electron chi connectivity index (χ3n) is 4.30. The molecule has 1 aliphatic rings. The average Bonchev–Trinajstić information content (AvgIpc) is 3.03. The molecule has 5 heteroatoms. The summed E-state index contributed by atoms with van der Waals surface area (Å²) in [6, 6.07) is 13.3. The molecule has 2 aromatic carbocycles. The van der Waals surface area contributed by atoms with E-state index < -0.39 is 0 Å². The molecule has 1 atom stereocenters. The summed E-state index contributed by atoms with van der Waals surface area (Å²) in [5.74, 6) is 0.803. The molecule has 0 aromatic heterocycles. The fraction of sp³-hybridized carbons (Fsp3) is 0.316. The first-order chi connectivity index (χ1) is 11.6. The van der Waals surface area contributed by atoms with Crippen LogP contribution in [-0.4, -0.2) is 38.1 Å². The van der Waals surface area contributed by atoms with E-state index in [1.54, 1.807) is 6.07 Å². The summed E-state index contributed by atoms with van der Waals surface area (Å²) in [7, 11) is 3.96. The number of hydrogen-bond donors (Lipinski definition) is 1. The van der Waals surface area contributed by atoms with E-state index in [9.17, 15) is 4.79 Å². The highest BCUT2D eigenvalue weighted by Crippen LogP contribution is 2.27. The molecule has 0 saturated carbocycles. The van der Waals surface area contributed by atoms with E-state index in [4.69, 9.17) is 16.3 Å². The van der Waals surface area contributed by atoms with Crippen LogP contribution in [0.5, 0.6) is 5.75 Å². The second-order valence-electron chi connectivity index (χ2n) is 6.13. The Morgan fingerprint density at radius 3 is 2.83 bits per heavy atom. The van der Waals surface area contributed by atoms with Crippen molar-refractivity contribution in [3.63, 3.8) is 0 Å². The molecule has 0 aliphatic carbocycles. The molecule has 1 heterocycles. The lowest BCUT2D eigenvalue weighted by molar-refractivity contribution is 0.0942. The number of ether oxygens (including phenoxy) is 1. The van der Waals surface area contributed by atoms with E-state index >= 15 is 0 Å². The molecule has 1 N–H and O–H groups in total. The minimum atomic E-state index is -0.0800. The largest absolute Gasteiger partial charge is 0.493 e. The summed E-state index contributed by atoms with van der Waals surface area (Å²) in [4.78, 5) is 14.5. The van der Waals surface area contributed by atoms with E-state index in [1.807, 2.05) is 50.5 Å². The van der Waals surface area contributed by atoms with Gasteiger partial charge in [0, 0.05) is 23.6 Å². The zero-order chi connectivity index (χ0) is 17.1. The molecule has 0 saturated heterocycles. The van der Waals surface area contributed by atoms with Crippen LogP contribution in [0.1, 0.15) is 27.5 Å². The van der Waals surface area contributed by atoms with Crippen LogP contribution in [0, 0.1) is 0 Å². The second kappa shape index (κ2) is 7.24. The van der Waals surface area contributed by atoms with Crippen LogP contribution in [0.3, 0.4) is 0 Å². The predicted molar refractivity (Wildman–Crippen MR) is 95.9 cm³/mol. The third-order valence-corrected chi connectivity index (χ3v) is 4.64. The first kappa shape index (κ1) is 16.8. The van der Waals surface area contributed by atoms with Crippen molar-refractivity contribution in [2.24, 2.45) is 0 Å². The van der Waals surface area contributed by atoms with Crippen molar-refractivity contribution in [3.8, 4) is 5.75 Å². The van der Waals surface area contributed by atoms with Crippen molar-refractivity contribution >= 4 is 17.5 Å². The van der Waals surface area contributed by atoms with Gasteiger partial charge in [-0.1, -0.05) is 29.8 Å². The van der Waals surface area contributed by atoms with Crippen LogP contribution < -0.4 is 10.1 Å². The molecule has 24 heavy (non-hydrogen) atoms. The number of carbonyl (C=O) groups is 1. The highest BCUT2D eigenvalue weighted by molar-refractivity contribution is 6.31. The number of hydrogen-bond acceptors (Lipinski definition) is 3. The molecule has 0 radical (unpaired) electrons. The average molecular weight is 345 g/mol. The molecule has 1 amide bonds. The summed E-state index contributed by atoms with van der Waals surface area (Å²) in [6.45, 7) is 1.18. The Hall–Kier alpha value is -2.04. The summed E-state index contributed by atoms with van der Waals surface area (Å²) in [5, 5.41) is 3.73. The lowest BCUT2D eigenvalue weighted by Crippen LogP contribution is -2.34. The Morgan fingerprint density at radius 2 is 2.08 bits per heavy atom. The van der Waals surface area contributed by atoms with Gasteiger partial charge in [-0.2, -0.15) is 0 Å². The van der Waals surface area contributed by atoms with Crippen molar-refractivity contribution < 1.29 is 9.53 Å². The minimum Gasteiger partial charge on any atom is -0.493 e. The van der Waals surface area contributed by atoms with Crippen molar-refractivity contribution in [1.29, 1.82) is 0 Å². The first-order valence-corrected chi connectivity index (χ1v) is 8.39. The normalized spacial score (nSPS) is 14.2. The molecule has 126 valence electrons. The Morgan fingerprint density at radius 1 is 1.29 bits per heavy atom. The number of nitrogens with one attached hydrogen (secondary N) is 1. The molecule has 1 unspecified atom stereocenters. The van der Waals surface area contributed by atoms with Gasteiger partial charge in [-0.05, 0) is 49.5 Å². The highest BCUT2D eigenvalue weighted by atomic mass is 35.5. The van der Waals surface area contributed by atoms with Crippen molar-refractivity contribution in [3.05, 3.63) is 64.2 Å². The Bertz CT molecular complexity index is 746. The van der Waals surface area contributed by atoms with E-state index in [2.05, 4.69) is 10.2 Å². The van der Waals surface area contributed by atoms with Gasteiger partial charge in [-0.15, -0.1) is 0 Å². The number of fused-ring (bicyclic) bond motifs is 1. The molecule has 3 rings (SSSR count). The number of amides is 1. The molecule has 0 fully saturated rings. The SMILES string of the molecule is CN(C)C(CNC(=O)c1ccc2c(c1)CCO2)c1ccccc1Cl. The van der Waals surface area contributed by atoms with E-state index in [0.717, 1.165) is 23.3 Å². The highest BCUT2D eigenvalue weighted by Gasteiger charge is 2.19. The van der Waals surface area contributed by atoms with Gasteiger partial charge < -0.3 is 15.0 Å². The lowest BCUT2D eigenvalue weighted by atomic mass is 10.1. The Kier molecular flexibility index (Phi) is 5.07. The third kappa shape index (κ3) is 3.55. The van der Waals surface area contributed by atoms with Crippen LogP contribution in [0.2, 0.25) is 5.02 Å². The maximum absolute atomic E-state index is 12.5. The van der Waals surface area contributed by atoms with Gasteiger partial charge in [0.25, 0.3) is 5.91 Å². The van der Waals surface area contributed by atoms with Crippen LogP contribution in [-0.2, 0) is 6.42 Å². The van der Waals surface area contributed by atoms with Gasteiger partial charge in [0.15, 0.2) is 0 Å². The standard InChI is InChI=1S/C19H21ClN2O2/c1-22(2)17(15-5-3-4-6-16(15)20)12-21-19(23)14-7-8-18-13(11-14)9-10-24-18/h3-8,11,17H,9-10,12H2,1-2H3,(H,21,23). The maximum Gasteiger partial charge on any atom is 0.251 e. The van der Waals surface area contributed by atoms with Crippen molar-refractivity contribution in [1.82, 2.24) is 10.2 Å². The van der Waals surface area contributed by atoms with E-state index in [1.165, 1.54) is 0 Å². The molecule has 2 aromatic rings.